The van der Waals surface area contributed by atoms with E-state index in [0.717, 1.165) is 17.8 Å². The van der Waals surface area contributed by atoms with Crippen molar-refractivity contribution in [1.82, 2.24) is 9.38 Å². The predicted molar refractivity (Wildman–Crippen MR) is 80.5 cm³/mol. The van der Waals surface area contributed by atoms with Gasteiger partial charge in [0.2, 0.25) is 0 Å². The third-order valence-corrected chi connectivity index (χ3v) is 3.76. The summed E-state index contributed by atoms with van der Waals surface area (Å²) in [4.78, 5) is 4.57. The second-order valence-electron chi connectivity index (χ2n) is 5.54. The molecule has 0 aliphatic carbocycles. The molecule has 0 radical (unpaired) electrons. The van der Waals surface area contributed by atoms with E-state index in [0.29, 0.717) is 0 Å². The third-order valence-electron chi connectivity index (χ3n) is 3.08. The highest BCUT2D eigenvalue weighted by Crippen LogP contribution is 2.26. The van der Waals surface area contributed by atoms with E-state index in [-0.39, 0.29) is 5.54 Å². The van der Waals surface area contributed by atoms with E-state index in [2.05, 4.69) is 44.5 Å². The SMILES string of the molecule is CC(C)(N)Cc1cnc2c(-c3ccsc3)cccn12. The number of hydrogen-bond acceptors (Lipinski definition) is 3. The molecule has 3 heterocycles. The van der Waals surface area contributed by atoms with Crippen LogP contribution in [-0.2, 0) is 6.42 Å². The summed E-state index contributed by atoms with van der Waals surface area (Å²) < 4.78 is 2.14. The molecule has 0 aromatic carbocycles. The van der Waals surface area contributed by atoms with Crippen molar-refractivity contribution >= 4 is 17.0 Å². The molecule has 0 bridgehead atoms. The molecule has 0 saturated carbocycles. The van der Waals surface area contributed by atoms with Crippen LogP contribution in [-0.4, -0.2) is 14.9 Å². The maximum absolute atomic E-state index is 6.11. The zero-order chi connectivity index (χ0) is 13.5. The molecule has 0 fully saturated rings. The van der Waals surface area contributed by atoms with Gasteiger partial charge in [-0.2, -0.15) is 11.3 Å². The van der Waals surface area contributed by atoms with Crippen LogP contribution in [0.2, 0.25) is 0 Å². The summed E-state index contributed by atoms with van der Waals surface area (Å²) >= 11 is 1.70. The first-order valence-corrected chi connectivity index (χ1v) is 7.25. The summed E-state index contributed by atoms with van der Waals surface area (Å²) in [6, 6.07) is 6.30. The first-order valence-electron chi connectivity index (χ1n) is 6.31. The number of imidazole rings is 1. The first-order chi connectivity index (χ1) is 9.04. The largest absolute Gasteiger partial charge is 0.325 e. The molecular formula is C15H17N3S. The highest BCUT2D eigenvalue weighted by molar-refractivity contribution is 7.08. The standard InChI is InChI=1S/C15H17N3S/c1-15(2,16)8-12-9-17-14-13(4-3-6-18(12)14)11-5-7-19-10-11/h3-7,9-10H,8,16H2,1-2H3. The topological polar surface area (TPSA) is 43.3 Å². The van der Waals surface area contributed by atoms with E-state index in [4.69, 9.17) is 5.73 Å². The molecule has 0 amide bonds. The summed E-state index contributed by atoms with van der Waals surface area (Å²) in [5.41, 5.74) is 10.4. The number of pyridine rings is 1. The van der Waals surface area contributed by atoms with Crippen LogP contribution >= 0.6 is 11.3 Å². The molecule has 0 aliphatic rings. The monoisotopic (exact) mass is 271 g/mol. The number of rotatable bonds is 3. The quantitative estimate of drug-likeness (QED) is 0.794. The van der Waals surface area contributed by atoms with Gasteiger partial charge < -0.3 is 10.1 Å². The molecule has 3 rings (SSSR count). The van der Waals surface area contributed by atoms with Gasteiger partial charge in [0.25, 0.3) is 0 Å². The molecule has 0 spiro atoms. The Hall–Kier alpha value is -1.65. The van der Waals surface area contributed by atoms with Gasteiger partial charge in [0.05, 0.1) is 0 Å². The zero-order valence-corrected chi connectivity index (χ0v) is 11.9. The maximum Gasteiger partial charge on any atom is 0.144 e. The van der Waals surface area contributed by atoms with Gasteiger partial charge in [-0.1, -0.05) is 0 Å². The van der Waals surface area contributed by atoms with E-state index in [1.165, 1.54) is 11.1 Å². The van der Waals surface area contributed by atoms with Gasteiger partial charge >= 0.3 is 0 Å². The summed E-state index contributed by atoms with van der Waals surface area (Å²) in [6.07, 6.45) is 4.79. The van der Waals surface area contributed by atoms with Crippen molar-refractivity contribution in [2.45, 2.75) is 25.8 Å². The number of fused-ring (bicyclic) bond motifs is 1. The average molecular weight is 271 g/mol. The lowest BCUT2D eigenvalue weighted by molar-refractivity contribution is 0.508. The Morgan fingerprint density at radius 2 is 2.21 bits per heavy atom. The lowest BCUT2D eigenvalue weighted by Gasteiger charge is -2.17. The summed E-state index contributed by atoms with van der Waals surface area (Å²) in [7, 11) is 0. The fourth-order valence-electron chi connectivity index (χ4n) is 2.30. The number of nitrogens with two attached hydrogens (primary N) is 1. The van der Waals surface area contributed by atoms with Gasteiger partial charge in [-0.3, -0.25) is 0 Å². The van der Waals surface area contributed by atoms with Gasteiger partial charge in [0, 0.05) is 35.6 Å². The van der Waals surface area contributed by atoms with E-state index < -0.39 is 0 Å². The minimum Gasteiger partial charge on any atom is -0.325 e. The van der Waals surface area contributed by atoms with E-state index in [1.54, 1.807) is 11.3 Å². The number of hydrogen-bond donors (Lipinski definition) is 1. The van der Waals surface area contributed by atoms with E-state index in [1.807, 2.05) is 20.0 Å². The normalized spacial score (nSPS) is 12.2. The highest BCUT2D eigenvalue weighted by Gasteiger charge is 2.16. The first kappa shape index (κ1) is 12.4. The predicted octanol–water partition coefficient (Wildman–Crippen LogP) is 3.34. The van der Waals surface area contributed by atoms with E-state index >= 15 is 0 Å². The molecule has 19 heavy (non-hydrogen) atoms. The van der Waals surface area contributed by atoms with Crippen LogP contribution in [0.1, 0.15) is 19.5 Å². The number of nitrogens with zero attached hydrogens (tertiary/aromatic N) is 2. The number of aromatic nitrogens is 2. The lowest BCUT2D eigenvalue weighted by Crippen LogP contribution is -2.34. The van der Waals surface area contributed by atoms with Crippen molar-refractivity contribution in [3.63, 3.8) is 0 Å². The van der Waals surface area contributed by atoms with Gasteiger partial charge in [-0.15, -0.1) is 0 Å². The zero-order valence-electron chi connectivity index (χ0n) is 11.1. The van der Waals surface area contributed by atoms with Crippen LogP contribution in [0.25, 0.3) is 16.8 Å². The van der Waals surface area contributed by atoms with Crippen molar-refractivity contribution in [1.29, 1.82) is 0 Å². The van der Waals surface area contributed by atoms with Crippen molar-refractivity contribution in [2.24, 2.45) is 5.73 Å². The minimum absolute atomic E-state index is 0.228. The van der Waals surface area contributed by atoms with Crippen LogP contribution in [0.5, 0.6) is 0 Å². The third kappa shape index (κ3) is 2.41. The van der Waals surface area contributed by atoms with E-state index in [9.17, 15) is 0 Å². The van der Waals surface area contributed by atoms with Gasteiger partial charge in [-0.25, -0.2) is 4.98 Å². The van der Waals surface area contributed by atoms with Crippen molar-refractivity contribution in [2.75, 3.05) is 0 Å². The molecule has 0 atom stereocenters. The van der Waals surface area contributed by atoms with Crippen molar-refractivity contribution in [3.8, 4) is 11.1 Å². The Balaban J connectivity index is 2.13. The maximum atomic E-state index is 6.11. The van der Waals surface area contributed by atoms with Crippen LogP contribution in [0.15, 0.2) is 41.4 Å². The lowest BCUT2D eigenvalue weighted by atomic mass is 10.0. The Morgan fingerprint density at radius 3 is 2.89 bits per heavy atom. The summed E-state index contributed by atoms with van der Waals surface area (Å²) in [6.45, 7) is 4.07. The Bertz CT molecular complexity index is 690. The Kier molecular flexibility index (Phi) is 2.92. The molecule has 0 saturated heterocycles. The molecule has 0 aliphatic heterocycles. The second kappa shape index (κ2) is 4.47. The highest BCUT2D eigenvalue weighted by atomic mass is 32.1. The molecule has 98 valence electrons. The smallest absolute Gasteiger partial charge is 0.144 e. The average Bonchev–Trinajstić information content (AvgIpc) is 2.97. The summed E-state index contributed by atoms with van der Waals surface area (Å²) in [5, 5.41) is 4.24. The molecule has 3 nitrogen and oxygen atoms in total. The van der Waals surface area contributed by atoms with Gasteiger partial charge in [-0.05, 0) is 48.4 Å². The van der Waals surface area contributed by atoms with Crippen molar-refractivity contribution < 1.29 is 0 Å². The minimum atomic E-state index is -0.228. The molecule has 3 aromatic rings. The fourth-order valence-corrected chi connectivity index (χ4v) is 2.96. The Morgan fingerprint density at radius 1 is 1.37 bits per heavy atom. The van der Waals surface area contributed by atoms with Crippen molar-refractivity contribution in [3.05, 3.63) is 47.0 Å². The molecule has 2 N–H and O–H groups in total. The molecular weight excluding hydrogens is 254 g/mol. The van der Waals surface area contributed by atoms with Crippen LogP contribution in [0.3, 0.4) is 0 Å². The number of thiophene rings is 1. The van der Waals surface area contributed by atoms with Gasteiger partial charge in [0.15, 0.2) is 0 Å². The van der Waals surface area contributed by atoms with Gasteiger partial charge in [0.1, 0.15) is 5.65 Å². The van der Waals surface area contributed by atoms with Crippen LogP contribution < -0.4 is 5.73 Å². The Labute approximate surface area is 116 Å². The van der Waals surface area contributed by atoms with Crippen LogP contribution in [0, 0.1) is 0 Å². The molecule has 3 aromatic heterocycles. The second-order valence-corrected chi connectivity index (χ2v) is 6.32. The molecule has 4 heteroatoms. The fraction of sp³-hybridized carbons (Fsp3) is 0.267. The van der Waals surface area contributed by atoms with Crippen LogP contribution in [0.4, 0.5) is 0 Å². The summed E-state index contributed by atoms with van der Waals surface area (Å²) in [5.74, 6) is 0. The molecule has 0 unspecified atom stereocenters.